The maximum atomic E-state index is 10.9. The minimum Gasteiger partial charge on any atom is -0.479 e. The number of cyclic esters (lactones) is 1. The van der Waals surface area contributed by atoms with Crippen LogP contribution < -0.4 is 0 Å². The van der Waals surface area contributed by atoms with E-state index in [1.54, 1.807) is 13.8 Å². The lowest BCUT2D eigenvalue weighted by atomic mass is 9.86. The number of carbonyl (C=O) groups is 2. The standard InChI is InChI=1S/C8H12O5/c1-8(2)4(3-5(9)13-8)6(10)7(11)12/h4,6,10H,3H2,1-2H3,(H,11,12)/t4-,6-/m1/s1. The molecule has 0 aromatic rings. The molecule has 13 heavy (non-hydrogen) atoms. The zero-order valence-corrected chi connectivity index (χ0v) is 7.48. The van der Waals surface area contributed by atoms with Gasteiger partial charge in [-0.3, -0.25) is 4.79 Å². The maximum absolute atomic E-state index is 10.9. The molecule has 0 amide bonds. The van der Waals surface area contributed by atoms with Gasteiger partial charge in [0.15, 0.2) is 6.10 Å². The van der Waals surface area contributed by atoms with Gasteiger partial charge >= 0.3 is 11.9 Å². The van der Waals surface area contributed by atoms with E-state index in [-0.39, 0.29) is 6.42 Å². The van der Waals surface area contributed by atoms with Crippen molar-refractivity contribution in [3.8, 4) is 0 Å². The number of aliphatic hydroxyl groups is 1. The lowest BCUT2D eigenvalue weighted by molar-refractivity contribution is -0.156. The second-order valence-corrected chi connectivity index (χ2v) is 3.67. The first-order valence-electron chi connectivity index (χ1n) is 3.97. The molecule has 1 rings (SSSR count). The maximum Gasteiger partial charge on any atom is 0.332 e. The molecule has 0 spiro atoms. The average molecular weight is 188 g/mol. The highest BCUT2D eigenvalue weighted by atomic mass is 16.6. The van der Waals surface area contributed by atoms with Gasteiger partial charge in [-0.25, -0.2) is 4.79 Å². The first-order chi connectivity index (χ1) is 5.84. The van der Waals surface area contributed by atoms with Crippen LogP contribution in [0.2, 0.25) is 0 Å². The summed E-state index contributed by atoms with van der Waals surface area (Å²) in [5, 5.41) is 17.8. The summed E-state index contributed by atoms with van der Waals surface area (Å²) in [6, 6.07) is 0. The average Bonchev–Trinajstić information content (AvgIpc) is 2.22. The molecule has 0 aromatic heterocycles. The fourth-order valence-electron chi connectivity index (χ4n) is 1.50. The van der Waals surface area contributed by atoms with Crippen molar-refractivity contribution < 1.29 is 24.5 Å². The van der Waals surface area contributed by atoms with Crippen LogP contribution in [0.1, 0.15) is 20.3 Å². The number of hydrogen-bond donors (Lipinski definition) is 2. The monoisotopic (exact) mass is 188 g/mol. The number of carboxylic acids is 1. The molecule has 1 aliphatic rings. The fraction of sp³-hybridized carbons (Fsp3) is 0.750. The molecule has 2 atom stereocenters. The summed E-state index contributed by atoms with van der Waals surface area (Å²) in [4.78, 5) is 21.3. The van der Waals surface area contributed by atoms with Gasteiger partial charge < -0.3 is 14.9 Å². The van der Waals surface area contributed by atoms with E-state index >= 15 is 0 Å². The Morgan fingerprint density at radius 2 is 2.23 bits per heavy atom. The van der Waals surface area contributed by atoms with E-state index in [1.165, 1.54) is 0 Å². The lowest BCUT2D eigenvalue weighted by Crippen LogP contribution is -2.40. The molecular weight excluding hydrogens is 176 g/mol. The van der Waals surface area contributed by atoms with Crippen molar-refractivity contribution in [1.29, 1.82) is 0 Å². The Hall–Kier alpha value is -1.10. The molecule has 0 aromatic carbocycles. The van der Waals surface area contributed by atoms with E-state index in [4.69, 9.17) is 9.84 Å². The number of carboxylic acid groups (broad SMARTS) is 1. The van der Waals surface area contributed by atoms with Gasteiger partial charge in [0, 0.05) is 5.92 Å². The van der Waals surface area contributed by atoms with E-state index in [0.717, 1.165) is 0 Å². The van der Waals surface area contributed by atoms with Crippen LogP contribution in [0.5, 0.6) is 0 Å². The van der Waals surface area contributed by atoms with Crippen molar-refractivity contribution in [1.82, 2.24) is 0 Å². The number of aliphatic hydroxyl groups excluding tert-OH is 1. The highest BCUT2D eigenvalue weighted by Crippen LogP contribution is 2.34. The van der Waals surface area contributed by atoms with E-state index in [2.05, 4.69) is 0 Å². The number of esters is 1. The zero-order valence-electron chi connectivity index (χ0n) is 7.48. The predicted molar refractivity (Wildman–Crippen MR) is 41.9 cm³/mol. The van der Waals surface area contributed by atoms with Gasteiger partial charge in [-0.2, -0.15) is 0 Å². The Morgan fingerprint density at radius 3 is 2.54 bits per heavy atom. The summed E-state index contributed by atoms with van der Waals surface area (Å²) in [5.41, 5.74) is -0.894. The van der Waals surface area contributed by atoms with Gasteiger partial charge in [0.2, 0.25) is 0 Å². The molecule has 0 radical (unpaired) electrons. The minimum absolute atomic E-state index is 0.0412. The van der Waals surface area contributed by atoms with Crippen LogP contribution in [0.3, 0.4) is 0 Å². The van der Waals surface area contributed by atoms with E-state index in [1.807, 2.05) is 0 Å². The molecule has 74 valence electrons. The van der Waals surface area contributed by atoms with Crippen molar-refractivity contribution in [2.45, 2.75) is 32.0 Å². The first-order valence-corrected chi connectivity index (χ1v) is 3.97. The SMILES string of the molecule is CC1(C)OC(=O)C[C@@H]1[C@@H](O)C(=O)O. The molecule has 1 fully saturated rings. The van der Waals surface area contributed by atoms with Crippen LogP contribution in [-0.4, -0.2) is 33.9 Å². The molecule has 1 heterocycles. The minimum atomic E-state index is -1.54. The highest BCUT2D eigenvalue weighted by Gasteiger charge is 2.47. The number of rotatable bonds is 2. The Bertz CT molecular complexity index is 245. The van der Waals surface area contributed by atoms with E-state index in [9.17, 15) is 14.7 Å². The van der Waals surface area contributed by atoms with Gasteiger partial charge in [0.05, 0.1) is 6.42 Å². The second-order valence-electron chi connectivity index (χ2n) is 3.67. The topological polar surface area (TPSA) is 83.8 Å². The Balaban J connectivity index is 2.80. The lowest BCUT2D eigenvalue weighted by Gasteiger charge is -2.26. The molecule has 1 aliphatic heterocycles. The number of hydrogen-bond acceptors (Lipinski definition) is 4. The summed E-state index contributed by atoms with van der Waals surface area (Å²) in [5.74, 6) is -2.45. The van der Waals surface area contributed by atoms with Crippen LogP contribution >= 0.6 is 0 Å². The van der Waals surface area contributed by atoms with Gasteiger partial charge in [-0.05, 0) is 13.8 Å². The van der Waals surface area contributed by atoms with Crippen LogP contribution in [0.25, 0.3) is 0 Å². The van der Waals surface area contributed by atoms with Gasteiger partial charge in [-0.1, -0.05) is 0 Å². The van der Waals surface area contributed by atoms with Gasteiger partial charge in [-0.15, -0.1) is 0 Å². The van der Waals surface area contributed by atoms with Crippen LogP contribution in [-0.2, 0) is 14.3 Å². The molecule has 2 N–H and O–H groups in total. The third-order valence-corrected chi connectivity index (χ3v) is 2.29. The Labute approximate surface area is 75.3 Å². The smallest absolute Gasteiger partial charge is 0.332 e. The van der Waals surface area contributed by atoms with Gasteiger partial charge in [0.1, 0.15) is 5.60 Å². The van der Waals surface area contributed by atoms with Crippen LogP contribution in [0, 0.1) is 5.92 Å². The Morgan fingerprint density at radius 1 is 1.69 bits per heavy atom. The number of aliphatic carboxylic acids is 1. The predicted octanol–water partition coefficient (Wildman–Crippen LogP) is -0.226. The summed E-state index contributed by atoms with van der Waals surface area (Å²) >= 11 is 0. The quantitative estimate of drug-likeness (QED) is 0.585. The molecule has 0 bridgehead atoms. The van der Waals surface area contributed by atoms with Gasteiger partial charge in [0.25, 0.3) is 0 Å². The van der Waals surface area contributed by atoms with Crippen molar-refractivity contribution in [3.63, 3.8) is 0 Å². The van der Waals surface area contributed by atoms with E-state index < -0.39 is 29.6 Å². The Kier molecular flexibility index (Phi) is 2.30. The summed E-state index contributed by atoms with van der Waals surface area (Å²) in [6.07, 6.45) is -1.58. The normalized spacial score (nSPS) is 28.2. The molecule has 1 saturated heterocycles. The molecule has 0 saturated carbocycles. The number of carbonyl (C=O) groups excluding carboxylic acids is 1. The summed E-state index contributed by atoms with van der Waals surface area (Å²) < 4.78 is 4.87. The van der Waals surface area contributed by atoms with Crippen molar-refractivity contribution in [3.05, 3.63) is 0 Å². The second kappa shape index (κ2) is 2.99. The molecule has 0 aliphatic carbocycles. The number of ether oxygens (including phenoxy) is 1. The fourth-order valence-corrected chi connectivity index (χ4v) is 1.50. The first kappa shape index (κ1) is 9.98. The van der Waals surface area contributed by atoms with Crippen LogP contribution in [0.15, 0.2) is 0 Å². The van der Waals surface area contributed by atoms with Crippen LogP contribution in [0.4, 0.5) is 0 Å². The zero-order chi connectivity index (χ0) is 10.2. The third-order valence-electron chi connectivity index (χ3n) is 2.29. The van der Waals surface area contributed by atoms with Crippen molar-refractivity contribution >= 4 is 11.9 Å². The molecular formula is C8H12O5. The van der Waals surface area contributed by atoms with E-state index in [0.29, 0.717) is 0 Å². The highest BCUT2D eigenvalue weighted by molar-refractivity contribution is 5.77. The molecule has 5 nitrogen and oxygen atoms in total. The third kappa shape index (κ3) is 1.80. The van der Waals surface area contributed by atoms with Crippen molar-refractivity contribution in [2.75, 3.05) is 0 Å². The summed E-state index contributed by atoms with van der Waals surface area (Å²) in [6.45, 7) is 3.18. The largest absolute Gasteiger partial charge is 0.479 e. The summed E-state index contributed by atoms with van der Waals surface area (Å²) in [7, 11) is 0. The molecule has 5 heteroatoms. The van der Waals surface area contributed by atoms with Crippen molar-refractivity contribution in [2.24, 2.45) is 5.92 Å². The molecule has 0 unspecified atom stereocenters.